The third-order valence-corrected chi connectivity index (χ3v) is 6.33. The predicted molar refractivity (Wildman–Crippen MR) is 130 cm³/mol. The van der Waals surface area contributed by atoms with Gasteiger partial charge in [-0.05, 0) is 74.1 Å². The van der Waals surface area contributed by atoms with Crippen LogP contribution in [0.2, 0.25) is 0 Å². The molecule has 0 spiro atoms. The van der Waals surface area contributed by atoms with Crippen LogP contribution in [0.3, 0.4) is 0 Å². The highest BCUT2D eigenvalue weighted by atomic mass is 32.1. The minimum atomic E-state index is -0.248. The molecule has 1 N–H and O–H groups in total. The zero-order chi connectivity index (χ0) is 22.2. The van der Waals surface area contributed by atoms with Gasteiger partial charge in [-0.3, -0.25) is 4.98 Å². The van der Waals surface area contributed by atoms with Gasteiger partial charge in [0.1, 0.15) is 5.82 Å². The van der Waals surface area contributed by atoms with Crippen molar-refractivity contribution in [1.82, 2.24) is 14.9 Å². The number of hydrogen-bond donors (Lipinski definition) is 1. The number of nitrogens with one attached hydrogen (secondary N) is 1. The summed E-state index contributed by atoms with van der Waals surface area (Å²) in [7, 11) is 0. The molecule has 0 amide bonds. The number of nitrogens with zero attached hydrogens (tertiary/aromatic N) is 3. The molecule has 3 heterocycles. The summed E-state index contributed by atoms with van der Waals surface area (Å²) < 4.78 is 16.7. The lowest BCUT2D eigenvalue weighted by Crippen LogP contribution is -2.29. The first-order valence-corrected chi connectivity index (χ1v) is 11.0. The Kier molecular flexibility index (Phi) is 5.23. The zero-order valence-electron chi connectivity index (χ0n) is 17.9. The average molecular weight is 443 g/mol. The van der Waals surface area contributed by atoms with Gasteiger partial charge in [0.05, 0.1) is 23.5 Å². The molecule has 2 aromatic heterocycles. The normalized spacial score (nSPS) is 18.1. The lowest BCUT2D eigenvalue weighted by molar-refractivity contribution is 0.564. The van der Waals surface area contributed by atoms with E-state index in [0.29, 0.717) is 10.8 Å². The van der Waals surface area contributed by atoms with Crippen molar-refractivity contribution in [2.24, 2.45) is 0 Å². The molecule has 0 bridgehead atoms. The number of pyridine rings is 1. The van der Waals surface area contributed by atoms with Crippen LogP contribution >= 0.6 is 12.2 Å². The van der Waals surface area contributed by atoms with Gasteiger partial charge < -0.3 is 14.8 Å². The summed E-state index contributed by atoms with van der Waals surface area (Å²) in [6.45, 7) is 4.04. The number of para-hydroxylation sites is 2. The maximum atomic E-state index is 14.7. The molecule has 32 heavy (non-hydrogen) atoms. The number of benzene rings is 2. The van der Waals surface area contributed by atoms with Gasteiger partial charge in [-0.2, -0.15) is 0 Å². The fraction of sp³-hybridized carbons (Fsp3) is 0.154. The second-order valence-corrected chi connectivity index (χ2v) is 8.33. The van der Waals surface area contributed by atoms with E-state index in [1.54, 1.807) is 12.3 Å². The Morgan fingerprint density at radius 3 is 2.38 bits per heavy atom. The van der Waals surface area contributed by atoms with Crippen LogP contribution in [0.5, 0.6) is 0 Å². The SMILES string of the molecule is Cc1cc(C2C(c3ccccn3)NC(=S)N2c2ccccc2)c(C)n1-c1ccccc1F. The topological polar surface area (TPSA) is 33.1 Å². The molecule has 0 aliphatic carbocycles. The molecule has 2 aromatic carbocycles. The Morgan fingerprint density at radius 1 is 0.938 bits per heavy atom. The Bertz CT molecular complexity index is 1270. The molecule has 160 valence electrons. The molecule has 1 fully saturated rings. The number of aromatic nitrogens is 2. The largest absolute Gasteiger partial charge is 0.351 e. The molecular formula is C26H23FN4S. The van der Waals surface area contributed by atoms with Crippen LogP contribution in [0.15, 0.2) is 85.1 Å². The molecular weight excluding hydrogens is 419 g/mol. The summed E-state index contributed by atoms with van der Waals surface area (Å²) in [5.74, 6) is -0.248. The summed E-state index contributed by atoms with van der Waals surface area (Å²) in [6, 6.07) is 24.7. The number of aryl methyl sites for hydroxylation is 1. The zero-order valence-corrected chi connectivity index (χ0v) is 18.7. The lowest BCUT2D eigenvalue weighted by Gasteiger charge is -2.28. The van der Waals surface area contributed by atoms with E-state index in [0.717, 1.165) is 28.3 Å². The van der Waals surface area contributed by atoms with Crippen LogP contribution < -0.4 is 10.2 Å². The van der Waals surface area contributed by atoms with Crippen LogP contribution in [-0.4, -0.2) is 14.7 Å². The van der Waals surface area contributed by atoms with Crippen molar-refractivity contribution in [3.8, 4) is 5.69 Å². The van der Waals surface area contributed by atoms with E-state index in [2.05, 4.69) is 33.4 Å². The molecule has 2 unspecified atom stereocenters. The van der Waals surface area contributed by atoms with Crippen LogP contribution in [-0.2, 0) is 0 Å². The van der Waals surface area contributed by atoms with Gasteiger partial charge in [0, 0.05) is 23.3 Å². The van der Waals surface area contributed by atoms with Crippen LogP contribution in [0.4, 0.5) is 10.1 Å². The van der Waals surface area contributed by atoms with E-state index in [1.807, 2.05) is 66.9 Å². The first kappa shape index (κ1) is 20.4. The van der Waals surface area contributed by atoms with Crippen molar-refractivity contribution in [1.29, 1.82) is 0 Å². The second kappa shape index (κ2) is 8.20. The van der Waals surface area contributed by atoms with Crippen molar-refractivity contribution < 1.29 is 4.39 Å². The smallest absolute Gasteiger partial charge is 0.174 e. The minimum absolute atomic E-state index is 0.133. The Balaban J connectivity index is 1.70. The number of hydrogen-bond acceptors (Lipinski definition) is 2. The van der Waals surface area contributed by atoms with E-state index < -0.39 is 0 Å². The molecule has 1 saturated heterocycles. The first-order valence-electron chi connectivity index (χ1n) is 10.6. The molecule has 0 saturated carbocycles. The summed E-state index contributed by atoms with van der Waals surface area (Å²) >= 11 is 5.79. The van der Waals surface area contributed by atoms with Gasteiger partial charge >= 0.3 is 0 Å². The minimum Gasteiger partial charge on any atom is -0.351 e. The Morgan fingerprint density at radius 2 is 1.66 bits per heavy atom. The Labute approximate surface area is 192 Å². The molecule has 4 nitrogen and oxygen atoms in total. The highest BCUT2D eigenvalue weighted by Crippen LogP contribution is 2.43. The van der Waals surface area contributed by atoms with Crippen molar-refractivity contribution in [2.75, 3.05) is 4.90 Å². The third-order valence-electron chi connectivity index (χ3n) is 6.01. The Hall–Kier alpha value is -3.51. The number of anilines is 1. The van der Waals surface area contributed by atoms with Crippen molar-refractivity contribution in [2.45, 2.75) is 25.9 Å². The lowest BCUT2D eigenvalue weighted by atomic mass is 9.96. The van der Waals surface area contributed by atoms with E-state index in [9.17, 15) is 4.39 Å². The number of thiocarbonyl (C=S) groups is 1. The van der Waals surface area contributed by atoms with Crippen molar-refractivity contribution in [3.05, 3.63) is 114 Å². The highest BCUT2D eigenvalue weighted by Gasteiger charge is 2.42. The van der Waals surface area contributed by atoms with E-state index >= 15 is 0 Å². The monoisotopic (exact) mass is 442 g/mol. The maximum Gasteiger partial charge on any atom is 0.174 e. The van der Waals surface area contributed by atoms with E-state index in [1.165, 1.54) is 6.07 Å². The first-order chi connectivity index (χ1) is 15.6. The molecule has 6 heteroatoms. The maximum absolute atomic E-state index is 14.7. The molecule has 0 radical (unpaired) electrons. The number of rotatable bonds is 4. The summed E-state index contributed by atoms with van der Waals surface area (Å²) in [5.41, 5.74) is 5.48. The summed E-state index contributed by atoms with van der Waals surface area (Å²) in [5, 5.41) is 4.13. The molecule has 5 rings (SSSR count). The molecule has 4 aromatic rings. The van der Waals surface area contributed by atoms with E-state index in [4.69, 9.17) is 12.2 Å². The van der Waals surface area contributed by atoms with E-state index in [-0.39, 0.29) is 17.9 Å². The third kappa shape index (κ3) is 3.37. The van der Waals surface area contributed by atoms with Crippen LogP contribution in [0.25, 0.3) is 5.69 Å². The standard InChI is InChI=1S/C26H23FN4S/c1-17-16-20(18(2)30(17)23-14-7-6-12-21(23)27)25-24(22-13-8-9-15-28-22)29-26(32)31(25)19-10-4-3-5-11-19/h3-16,24-25H,1-2H3,(H,29,32). The fourth-order valence-corrected chi connectivity index (χ4v) is 4.97. The molecule has 1 aliphatic rings. The van der Waals surface area contributed by atoms with Gasteiger partial charge in [-0.15, -0.1) is 0 Å². The van der Waals surface area contributed by atoms with Gasteiger partial charge in [-0.1, -0.05) is 36.4 Å². The molecule has 1 aliphatic heterocycles. The van der Waals surface area contributed by atoms with Crippen molar-refractivity contribution in [3.63, 3.8) is 0 Å². The van der Waals surface area contributed by atoms with Crippen LogP contribution in [0.1, 0.15) is 34.7 Å². The fourth-order valence-electron chi connectivity index (χ4n) is 4.63. The highest BCUT2D eigenvalue weighted by molar-refractivity contribution is 7.80. The van der Waals surface area contributed by atoms with Crippen LogP contribution in [0, 0.1) is 19.7 Å². The van der Waals surface area contributed by atoms with Gasteiger partial charge in [0.15, 0.2) is 5.11 Å². The summed E-state index contributed by atoms with van der Waals surface area (Å²) in [6.07, 6.45) is 1.80. The summed E-state index contributed by atoms with van der Waals surface area (Å²) in [4.78, 5) is 6.76. The molecule has 2 atom stereocenters. The van der Waals surface area contributed by atoms with Crippen molar-refractivity contribution >= 4 is 23.0 Å². The number of halogens is 1. The quantitative estimate of drug-likeness (QED) is 0.405. The van der Waals surface area contributed by atoms with Gasteiger partial charge in [0.25, 0.3) is 0 Å². The average Bonchev–Trinajstić information content (AvgIpc) is 3.31. The van der Waals surface area contributed by atoms with Gasteiger partial charge in [-0.25, -0.2) is 4.39 Å². The predicted octanol–water partition coefficient (Wildman–Crippen LogP) is 5.81. The second-order valence-electron chi connectivity index (χ2n) is 7.95. The van der Waals surface area contributed by atoms with Gasteiger partial charge in [0.2, 0.25) is 0 Å².